The Labute approximate surface area is 156 Å². The predicted octanol–water partition coefficient (Wildman–Crippen LogP) is 5.68. The molecule has 0 aliphatic carbocycles. The summed E-state index contributed by atoms with van der Waals surface area (Å²) in [5, 5.41) is 0. The third kappa shape index (κ3) is 3.90. The van der Waals surface area contributed by atoms with E-state index in [4.69, 9.17) is 4.98 Å². The van der Waals surface area contributed by atoms with Gasteiger partial charge in [0.15, 0.2) is 0 Å². The third-order valence-corrected chi connectivity index (χ3v) is 4.25. The van der Waals surface area contributed by atoms with Crippen LogP contribution in [0.25, 0.3) is 22.6 Å². The minimum Gasteiger partial charge on any atom is -0.251 e. The molecule has 132 valence electrons. The number of rotatable bonds is 4. The van der Waals surface area contributed by atoms with Crippen molar-refractivity contribution < 1.29 is 8.78 Å². The van der Waals surface area contributed by atoms with Gasteiger partial charge in [0.1, 0.15) is 11.6 Å². The topological polar surface area (TPSA) is 25.8 Å². The maximum atomic E-state index is 14.1. The summed E-state index contributed by atoms with van der Waals surface area (Å²) in [5.74, 6) is -1.24. The van der Waals surface area contributed by atoms with Crippen molar-refractivity contribution >= 4 is 0 Å². The van der Waals surface area contributed by atoms with Gasteiger partial charge in [-0.15, -0.1) is 0 Å². The molecule has 0 aliphatic heterocycles. The molecule has 2 aromatic carbocycles. The van der Waals surface area contributed by atoms with Crippen LogP contribution < -0.4 is 0 Å². The maximum absolute atomic E-state index is 14.1. The van der Waals surface area contributed by atoms with Crippen LogP contribution in [0.5, 0.6) is 0 Å². The summed E-state index contributed by atoms with van der Waals surface area (Å²) in [4.78, 5) is 9.22. The Hall–Kier alpha value is -3.40. The van der Waals surface area contributed by atoms with Gasteiger partial charge in [0.05, 0.1) is 17.1 Å². The van der Waals surface area contributed by atoms with Crippen LogP contribution in [-0.2, 0) is 6.42 Å². The standard InChI is InChI=1S/C23H16F2N2/c24-17-12-13-19(20(25)15-17)21-9-5-11-23(27-21)22-10-4-8-18(26-22)14-16-6-2-1-3-7-16/h1-13,15H,14H2. The molecular formula is C23H16F2N2. The molecule has 4 heteroatoms. The average Bonchev–Trinajstić information content (AvgIpc) is 2.69. The Morgan fingerprint density at radius 3 is 2.11 bits per heavy atom. The second-order valence-electron chi connectivity index (χ2n) is 6.21. The smallest absolute Gasteiger partial charge is 0.135 e. The van der Waals surface area contributed by atoms with Gasteiger partial charge in [-0.2, -0.15) is 0 Å². The van der Waals surface area contributed by atoms with Crippen LogP contribution in [0.4, 0.5) is 8.78 Å². The van der Waals surface area contributed by atoms with Crippen LogP contribution in [0.1, 0.15) is 11.3 Å². The van der Waals surface area contributed by atoms with Crippen LogP contribution in [-0.4, -0.2) is 9.97 Å². The second-order valence-corrected chi connectivity index (χ2v) is 6.21. The normalized spacial score (nSPS) is 10.7. The Bertz CT molecular complexity index is 1080. The zero-order valence-electron chi connectivity index (χ0n) is 14.4. The molecule has 4 aromatic rings. The van der Waals surface area contributed by atoms with Crippen LogP contribution in [0.2, 0.25) is 0 Å². The zero-order valence-corrected chi connectivity index (χ0v) is 14.4. The van der Waals surface area contributed by atoms with E-state index in [1.807, 2.05) is 42.5 Å². The van der Waals surface area contributed by atoms with E-state index in [9.17, 15) is 8.78 Å². The number of pyridine rings is 2. The number of aromatic nitrogens is 2. The third-order valence-electron chi connectivity index (χ3n) is 4.25. The number of hydrogen-bond donors (Lipinski definition) is 0. The summed E-state index contributed by atoms with van der Waals surface area (Å²) in [5.41, 5.74) is 4.17. The average molecular weight is 358 g/mol. The van der Waals surface area contributed by atoms with Crippen LogP contribution in [0, 0.1) is 11.6 Å². The highest BCUT2D eigenvalue weighted by Crippen LogP contribution is 2.24. The predicted molar refractivity (Wildman–Crippen MR) is 102 cm³/mol. The van der Waals surface area contributed by atoms with E-state index in [1.54, 1.807) is 12.1 Å². The van der Waals surface area contributed by atoms with E-state index in [1.165, 1.54) is 17.7 Å². The maximum Gasteiger partial charge on any atom is 0.135 e. The second kappa shape index (κ2) is 7.46. The molecule has 0 bridgehead atoms. The van der Waals surface area contributed by atoms with Gasteiger partial charge < -0.3 is 0 Å². The Kier molecular flexibility index (Phi) is 4.71. The quantitative estimate of drug-likeness (QED) is 0.469. The van der Waals surface area contributed by atoms with Crippen molar-refractivity contribution in [1.82, 2.24) is 9.97 Å². The first kappa shape index (κ1) is 17.0. The minimum atomic E-state index is -0.634. The van der Waals surface area contributed by atoms with Gasteiger partial charge in [0, 0.05) is 23.7 Å². The molecule has 0 radical (unpaired) electrons. The SMILES string of the molecule is Fc1ccc(-c2cccc(-c3cccc(Cc4ccccc4)n3)n2)c(F)c1. The van der Waals surface area contributed by atoms with E-state index >= 15 is 0 Å². The van der Waals surface area contributed by atoms with Gasteiger partial charge in [-0.05, 0) is 42.0 Å². The van der Waals surface area contributed by atoms with Gasteiger partial charge in [-0.1, -0.05) is 42.5 Å². The highest BCUT2D eigenvalue weighted by molar-refractivity contribution is 5.64. The van der Waals surface area contributed by atoms with E-state index in [0.717, 1.165) is 18.2 Å². The van der Waals surface area contributed by atoms with Crippen molar-refractivity contribution in [2.75, 3.05) is 0 Å². The molecule has 2 aromatic heterocycles. The molecule has 0 unspecified atom stereocenters. The Balaban J connectivity index is 1.67. The van der Waals surface area contributed by atoms with Crippen LogP contribution in [0.15, 0.2) is 84.9 Å². The van der Waals surface area contributed by atoms with Gasteiger partial charge in [-0.25, -0.2) is 13.8 Å². The molecule has 0 aliphatic rings. The molecule has 0 fully saturated rings. The van der Waals surface area contributed by atoms with E-state index in [2.05, 4.69) is 17.1 Å². The lowest BCUT2D eigenvalue weighted by atomic mass is 10.1. The lowest BCUT2D eigenvalue weighted by Gasteiger charge is -2.07. The molecule has 0 saturated heterocycles. The number of nitrogens with zero attached hydrogens (tertiary/aromatic N) is 2. The Morgan fingerprint density at radius 2 is 1.33 bits per heavy atom. The summed E-state index contributed by atoms with van der Waals surface area (Å²) in [6, 6.07) is 24.7. The van der Waals surface area contributed by atoms with Crippen molar-refractivity contribution in [3.8, 4) is 22.6 Å². The Morgan fingerprint density at radius 1 is 0.630 bits per heavy atom. The molecule has 4 rings (SSSR count). The van der Waals surface area contributed by atoms with Crippen molar-refractivity contribution in [2.45, 2.75) is 6.42 Å². The van der Waals surface area contributed by atoms with Crippen LogP contribution in [0.3, 0.4) is 0 Å². The molecule has 0 saturated carbocycles. The summed E-state index contributed by atoms with van der Waals surface area (Å²) >= 11 is 0. The monoisotopic (exact) mass is 358 g/mol. The van der Waals surface area contributed by atoms with E-state index < -0.39 is 11.6 Å². The highest BCUT2D eigenvalue weighted by Gasteiger charge is 2.10. The largest absolute Gasteiger partial charge is 0.251 e. The number of hydrogen-bond acceptors (Lipinski definition) is 2. The first-order chi connectivity index (χ1) is 13.2. The molecule has 2 nitrogen and oxygen atoms in total. The minimum absolute atomic E-state index is 0.263. The van der Waals surface area contributed by atoms with Crippen molar-refractivity contribution in [2.24, 2.45) is 0 Å². The summed E-state index contributed by atoms with van der Waals surface area (Å²) in [6.45, 7) is 0. The van der Waals surface area contributed by atoms with Crippen molar-refractivity contribution in [1.29, 1.82) is 0 Å². The fourth-order valence-corrected chi connectivity index (χ4v) is 2.95. The lowest BCUT2D eigenvalue weighted by Crippen LogP contribution is -1.96. The fourth-order valence-electron chi connectivity index (χ4n) is 2.95. The van der Waals surface area contributed by atoms with Gasteiger partial charge in [0.25, 0.3) is 0 Å². The molecule has 27 heavy (non-hydrogen) atoms. The van der Waals surface area contributed by atoms with Gasteiger partial charge in [-0.3, -0.25) is 4.98 Å². The first-order valence-electron chi connectivity index (χ1n) is 8.62. The van der Waals surface area contributed by atoms with E-state index in [-0.39, 0.29) is 5.56 Å². The van der Waals surface area contributed by atoms with Crippen LogP contribution >= 0.6 is 0 Å². The first-order valence-corrected chi connectivity index (χ1v) is 8.62. The molecule has 0 amide bonds. The van der Waals surface area contributed by atoms with E-state index in [0.29, 0.717) is 17.1 Å². The molecular weight excluding hydrogens is 342 g/mol. The zero-order chi connectivity index (χ0) is 18.6. The lowest BCUT2D eigenvalue weighted by molar-refractivity contribution is 0.585. The van der Waals surface area contributed by atoms with Crippen molar-refractivity contribution in [3.63, 3.8) is 0 Å². The number of benzene rings is 2. The summed E-state index contributed by atoms with van der Waals surface area (Å²) in [6.07, 6.45) is 0.723. The molecule has 2 heterocycles. The summed E-state index contributed by atoms with van der Waals surface area (Å²) < 4.78 is 27.2. The van der Waals surface area contributed by atoms with Crippen molar-refractivity contribution in [3.05, 3.63) is 108 Å². The summed E-state index contributed by atoms with van der Waals surface area (Å²) in [7, 11) is 0. The molecule has 0 spiro atoms. The number of halogens is 2. The molecule has 0 atom stereocenters. The highest BCUT2D eigenvalue weighted by atomic mass is 19.1. The fraction of sp³-hybridized carbons (Fsp3) is 0.0435. The molecule has 0 N–H and O–H groups in total. The van der Waals surface area contributed by atoms with Gasteiger partial charge >= 0.3 is 0 Å². The van der Waals surface area contributed by atoms with Gasteiger partial charge in [0.2, 0.25) is 0 Å².